The van der Waals surface area contributed by atoms with E-state index in [2.05, 4.69) is 0 Å². The summed E-state index contributed by atoms with van der Waals surface area (Å²) in [7, 11) is 0. The first-order valence-corrected chi connectivity index (χ1v) is 11.7. The molecule has 2 bridgehead atoms. The van der Waals surface area contributed by atoms with Crippen molar-refractivity contribution >= 4 is 35.1 Å². The number of amides is 3. The van der Waals surface area contributed by atoms with Gasteiger partial charge in [-0.3, -0.25) is 19.2 Å². The second kappa shape index (κ2) is 8.10. The van der Waals surface area contributed by atoms with E-state index in [1.165, 1.54) is 12.1 Å². The number of fused-ring (bicyclic) bond motifs is 5. The Morgan fingerprint density at radius 3 is 1.97 bits per heavy atom. The van der Waals surface area contributed by atoms with Crippen LogP contribution in [0.15, 0.2) is 48.5 Å². The van der Waals surface area contributed by atoms with E-state index in [1.807, 2.05) is 19.1 Å². The summed E-state index contributed by atoms with van der Waals surface area (Å²) in [6, 6.07) is 12.2. The molecule has 2 aliphatic carbocycles. The van der Waals surface area contributed by atoms with Crippen LogP contribution < -0.4 is 0 Å². The predicted octanol–water partition coefficient (Wildman–Crippen LogP) is 4.31. The van der Waals surface area contributed by atoms with Gasteiger partial charge in [0, 0.05) is 16.1 Å². The van der Waals surface area contributed by atoms with Crippen LogP contribution in [0, 0.1) is 30.6 Å². The number of hydrogen-bond acceptors (Lipinski definition) is 4. The number of benzene rings is 2. The number of hydrazine groups is 1. The fourth-order valence-electron chi connectivity index (χ4n) is 5.84. The van der Waals surface area contributed by atoms with Crippen molar-refractivity contribution in [2.75, 3.05) is 0 Å². The van der Waals surface area contributed by atoms with Crippen LogP contribution in [0.1, 0.15) is 52.5 Å². The maximum Gasteiger partial charge on any atom is 0.273 e. The zero-order valence-electron chi connectivity index (χ0n) is 18.5. The van der Waals surface area contributed by atoms with Crippen LogP contribution in [-0.2, 0) is 9.59 Å². The Hall–Kier alpha value is -2.99. The van der Waals surface area contributed by atoms with Crippen LogP contribution in [0.5, 0.6) is 0 Å². The fourth-order valence-corrected chi connectivity index (χ4v) is 5.97. The molecule has 5 atom stereocenters. The van der Waals surface area contributed by atoms with Crippen LogP contribution in [0.2, 0.25) is 5.02 Å². The quantitative estimate of drug-likeness (QED) is 0.488. The Balaban J connectivity index is 1.54. The van der Waals surface area contributed by atoms with Crippen LogP contribution >= 0.6 is 11.6 Å². The van der Waals surface area contributed by atoms with E-state index in [9.17, 15) is 19.2 Å². The van der Waals surface area contributed by atoms with Gasteiger partial charge < -0.3 is 0 Å². The lowest BCUT2D eigenvalue weighted by Crippen LogP contribution is -2.56. The molecule has 2 aromatic rings. The highest BCUT2D eigenvalue weighted by molar-refractivity contribution is 6.30. The topological polar surface area (TPSA) is 74.8 Å². The molecular formula is C26H25ClN2O4. The maximum atomic E-state index is 13.6. The summed E-state index contributed by atoms with van der Waals surface area (Å²) < 4.78 is 0. The van der Waals surface area contributed by atoms with Crippen molar-refractivity contribution in [2.45, 2.75) is 39.2 Å². The van der Waals surface area contributed by atoms with E-state index in [4.69, 9.17) is 11.6 Å². The molecule has 0 N–H and O–H groups in total. The van der Waals surface area contributed by atoms with Gasteiger partial charge in [-0.15, -0.1) is 0 Å². The van der Waals surface area contributed by atoms with Gasteiger partial charge in [-0.05, 0) is 69.2 Å². The first-order chi connectivity index (χ1) is 15.8. The monoisotopic (exact) mass is 464 g/mol. The molecule has 0 aromatic heterocycles. The zero-order chi connectivity index (χ0) is 23.4. The van der Waals surface area contributed by atoms with Gasteiger partial charge in [0.25, 0.3) is 17.7 Å². The Labute approximate surface area is 197 Å². The van der Waals surface area contributed by atoms with Crippen LogP contribution in [-0.4, -0.2) is 39.6 Å². The van der Waals surface area contributed by atoms with Crippen molar-refractivity contribution in [3.63, 3.8) is 0 Å². The van der Waals surface area contributed by atoms with Crippen molar-refractivity contribution in [1.29, 1.82) is 0 Å². The standard InChI is InChI=1S/C26H25ClN2O4/c1-14-3-5-16(6-4-14)23(30)15(2)28(24(31)17-9-11-20(27)12-10-17)29-25(32)21-18-7-8-19(13-18)22(21)26(29)33/h3-6,9-12,15,18-19,21-22H,7-8,13H2,1-2H3/t15-,18-,19-,21-,22+/m0/s1. The maximum absolute atomic E-state index is 13.6. The van der Waals surface area contributed by atoms with E-state index < -0.39 is 23.8 Å². The van der Waals surface area contributed by atoms with Gasteiger partial charge in [0.15, 0.2) is 5.78 Å². The number of carbonyl (C=O) groups is 4. The van der Waals surface area contributed by atoms with Gasteiger partial charge in [-0.1, -0.05) is 41.4 Å². The highest BCUT2D eigenvalue weighted by atomic mass is 35.5. The summed E-state index contributed by atoms with van der Waals surface area (Å²) in [5, 5.41) is 2.52. The molecule has 7 heteroatoms. The minimum absolute atomic E-state index is 0.178. The normalized spacial score (nSPS) is 26.5. The van der Waals surface area contributed by atoms with Crippen molar-refractivity contribution in [3.8, 4) is 0 Å². The lowest BCUT2D eigenvalue weighted by molar-refractivity contribution is -0.157. The van der Waals surface area contributed by atoms with Crippen LogP contribution in [0.3, 0.4) is 0 Å². The second-order valence-corrected chi connectivity index (χ2v) is 9.87. The van der Waals surface area contributed by atoms with E-state index in [0.29, 0.717) is 10.6 Å². The first-order valence-electron chi connectivity index (χ1n) is 11.4. The molecule has 3 fully saturated rings. The first kappa shape index (κ1) is 21.8. The van der Waals surface area contributed by atoms with E-state index in [1.54, 1.807) is 31.2 Å². The third-order valence-corrected chi connectivity index (χ3v) is 7.75. The summed E-state index contributed by atoms with van der Waals surface area (Å²) in [6.45, 7) is 3.49. The molecule has 5 rings (SSSR count). The predicted molar refractivity (Wildman–Crippen MR) is 122 cm³/mol. The average molecular weight is 465 g/mol. The largest absolute Gasteiger partial charge is 0.292 e. The molecule has 0 radical (unpaired) electrons. The van der Waals surface area contributed by atoms with Crippen LogP contribution in [0.4, 0.5) is 0 Å². The minimum atomic E-state index is -1.04. The molecular weight excluding hydrogens is 440 g/mol. The summed E-state index contributed by atoms with van der Waals surface area (Å²) in [4.78, 5) is 54.0. The number of Topliss-reactive ketones (excluding diaryl/α,β-unsaturated/α-hetero) is 1. The summed E-state index contributed by atoms with van der Waals surface area (Å²) >= 11 is 5.98. The van der Waals surface area contributed by atoms with Crippen molar-refractivity contribution < 1.29 is 19.2 Å². The molecule has 6 nitrogen and oxygen atoms in total. The van der Waals surface area contributed by atoms with Crippen molar-refractivity contribution in [2.24, 2.45) is 23.7 Å². The van der Waals surface area contributed by atoms with E-state index >= 15 is 0 Å². The summed E-state index contributed by atoms with van der Waals surface area (Å²) in [5.41, 5.74) is 1.67. The number of imide groups is 1. The minimum Gasteiger partial charge on any atom is -0.292 e. The molecule has 2 saturated carbocycles. The molecule has 2 aromatic carbocycles. The smallest absolute Gasteiger partial charge is 0.273 e. The second-order valence-electron chi connectivity index (χ2n) is 9.44. The Morgan fingerprint density at radius 1 is 0.909 bits per heavy atom. The SMILES string of the molecule is Cc1ccc(C(=O)[C@H](C)N(C(=O)c2ccc(Cl)cc2)N2C(=O)[C@@H]3[C@H]4CC[C@@H](C4)[C@@H]3C2=O)cc1. The zero-order valence-corrected chi connectivity index (χ0v) is 19.3. The lowest BCUT2D eigenvalue weighted by atomic mass is 9.81. The molecule has 1 saturated heterocycles. The van der Waals surface area contributed by atoms with Gasteiger partial charge >= 0.3 is 0 Å². The summed E-state index contributed by atoms with van der Waals surface area (Å²) in [6.07, 6.45) is 2.76. The molecule has 170 valence electrons. The van der Waals surface area contributed by atoms with Crippen molar-refractivity contribution in [1.82, 2.24) is 10.0 Å². The Kier molecular flexibility index (Phi) is 5.36. The van der Waals surface area contributed by atoms with E-state index in [-0.39, 0.29) is 35.0 Å². The third-order valence-electron chi connectivity index (χ3n) is 7.50. The average Bonchev–Trinajstić information content (AvgIpc) is 3.49. The van der Waals surface area contributed by atoms with Gasteiger partial charge in [-0.2, -0.15) is 5.01 Å². The molecule has 3 amide bonds. The van der Waals surface area contributed by atoms with E-state index in [0.717, 1.165) is 34.8 Å². The highest BCUT2D eigenvalue weighted by Gasteiger charge is 2.63. The van der Waals surface area contributed by atoms with Gasteiger partial charge in [0.2, 0.25) is 0 Å². The van der Waals surface area contributed by atoms with Gasteiger partial charge in [0.1, 0.15) is 6.04 Å². The number of rotatable bonds is 5. The lowest BCUT2D eigenvalue weighted by Gasteiger charge is -2.35. The number of nitrogens with zero attached hydrogens (tertiary/aromatic N) is 2. The molecule has 33 heavy (non-hydrogen) atoms. The Bertz CT molecular complexity index is 1120. The van der Waals surface area contributed by atoms with Gasteiger partial charge in [0.05, 0.1) is 11.8 Å². The molecule has 0 spiro atoms. The molecule has 0 unspecified atom stereocenters. The number of hydrogen-bond donors (Lipinski definition) is 0. The van der Waals surface area contributed by atoms with Crippen molar-refractivity contribution in [3.05, 3.63) is 70.2 Å². The number of ketones is 1. The van der Waals surface area contributed by atoms with Gasteiger partial charge in [-0.25, -0.2) is 5.01 Å². The number of halogens is 1. The Morgan fingerprint density at radius 2 is 1.42 bits per heavy atom. The molecule has 3 aliphatic rings. The number of aryl methyl sites for hydroxylation is 1. The van der Waals surface area contributed by atoms with Crippen LogP contribution in [0.25, 0.3) is 0 Å². The fraction of sp³-hybridized carbons (Fsp3) is 0.385. The summed E-state index contributed by atoms with van der Waals surface area (Å²) in [5.74, 6) is -2.05. The molecule has 1 heterocycles. The number of carbonyl (C=O) groups excluding carboxylic acids is 4. The third kappa shape index (κ3) is 3.48. The highest BCUT2D eigenvalue weighted by Crippen LogP contribution is 2.56. The molecule has 1 aliphatic heterocycles.